The number of Topliss-reactive ketones (excluding diaryl/α,β-unsaturated/α-hetero) is 3. The molecule has 0 radical (unpaired) electrons. The van der Waals surface area contributed by atoms with Crippen molar-refractivity contribution in [3.8, 4) is 0 Å². The van der Waals surface area contributed by atoms with Crippen LogP contribution in [0.25, 0.3) is 0 Å². The van der Waals surface area contributed by atoms with Gasteiger partial charge in [-0.3, -0.25) is 14.4 Å². The number of ketones is 3. The lowest BCUT2D eigenvalue weighted by Crippen LogP contribution is -2.12. The molecule has 3 nitrogen and oxygen atoms in total. The highest BCUT2D eigenvalue weighted by Crippen LogP contribution is 2.31. The van der Waals surface area contributed by atoms with Gasteiger partial charge < -0.3 is 0 Å². The fraction of sp³-hybridized carbons (Fsp3) is 0.286. The van der Waals surface area contributed by atoms with E-state index in [0.717, 1.165) is 38.1 Å². The average Bonchev–Trinajstić information content (AvgIpc) is 2.60. The molecule has 0 aliphatic carbocycles. The molecule has 2 aromatic rings. The average molecular weight is 394 g/mol. The molecule has 0 atom stereocenters. The first-order chi connectivity index (χ1) is 12.9. The van der Waals surface area contributed by atoms with Crippen LogP contribution < -0.4 is 0 Å². The predicted octanol–water partition coefficient (Wildman–Crippen LogP) is 5.24. The summed E-state index contributed by atoms with van der Waals surface area (Å²) >= 11 is 0. The lowest BCUT2D eigenvalue weighted by molar-refractivity contribution is -0.137. The van der Waals surface area contributed by atoms with Crippen molar-refractivity contribution in [3.05, 3.63) is 69.5 Å². The Labute approximate surface area is 159 Å². The van der Waals surface area contributed by atoms with E-state index in [2.05, 4.69) is 0 Å². The number of carbonyl (C=O) groups excluding carboxylic acids is 3. The van der Waals surface area contributed by atoms with E-state index in [1.807, 2.05) is 0 Å². The van der Waals surface area contributed by atoms with Crippen molar-refractivity contribution in [2.24, 2.45) is 0 Å². The van der Waals surface area contributed by atoms with E-state index in [0.29, 0.717) is 12.0 Å². The van der Waals surface area contributed by atoms with Crippen molar-refractivity contribution in [1.82, 2.24) is 0 Å². The van der Waals surface area contributed by atoms with Crippen LogP contribution in [-0.4, -0.2) is 17.3 Å². The lowest BCUT2D eigenvalue weighted by atomic mass is 9.94. The van der Waals surface area contributed by atoms with Gasteiger partial charge in [0.15, 0.2) is 17.3 Å². The molecule has 0 heterocycles. The normalized spacial score (nSPS) is 11.4. The molecule has 0 aromatic heterocycles. The lowest BCUT2D eigenvalue weighted by Gasteiger charge is -2.12. The van der Waals surface area contributed by atoms with E-state index < -0.39 is 46.0 Å². The Morgan fingerprint density at radius 1 is 0.857 bits per heavy atom. The van der Waals surface area contributed by atoms with Crippen molar-refractivity contribution >= 4 is 17.3 Å². The van der Waals surface area contributed by atoms with E-state index in [9.17, 15) is 31.9 Å². The summed E-state index contributed by atoms with van der Waals surface area (Å²) in [5.74, 6) is -2.96. The van der Waals surface area contributed by atoms with Gasteiger partial charge in [-0.2, -0.15) is 13.2 Å². The zero-order valence-corrected chi connectivity index (χ0v) is 15.5. The molecular formula is C21H18F4O3. The number of benzene rings is 2. The number of halogens is 4. The third kappa shape index (κ3) is 4.71. The highest BCUT2D eigenvalue weighted by molar-refractivity contribution is 6.05. The summed E-state index contributed by atoms with van der Waals surface area (Å²) in [7, 11) is 0. The number of aryl methyl sites for hydroxylation is 1. The van der Waals surface area contributed by atoms with Crippen molar-refractivity contribution in [2.45, 2.75) is 39.8 Å². The van der Waals surface area contributed by atoms with Crippen LogP contribution in [0.4, 0.5) is 17.6 Å². The van der Waals surface area contributed by atoms with Gasteiger partial charge in [0, 0.05) is 12.0 Å². The standard InChI is InChI=1S/C21H18F4O3/c1-4-13-5-14(7-16(6-13)21(23,24)25)8-19(28)15-9-17(11(2)26)20(22)18(10-15)12(3)27/h5-7,9-10H,4,8H2,1-3H3. The van der Waals surface area contributed by atoms with Gasteiger partial charge in [0.25, 0.3) is 0 Å². The van der Waals surface area contributed by atoms with Gasteiger partial charge in [-0.1, -0.05) is 13.0 Å². The highest BCUT2D eigenvalue weighted by Gasteiger charge is 2.31. The third-order valence-electron chi connectivity index (χ3n) is 4.31. The Bertz CT molecular complexity index is 924. The summed E-state index contributed by atoms with van der Waals surface area (Å²) in [4.78, 5) is 35.9. The number of rotatable bonds is 6. The Morgan fingerprint density at radius 2 is 1.36 bits per heavy atom. The first-order valence-electron chi connectivity index (χ1n) is 8.52. The molecule has 28 heavy (non-hydrogen) atoms. The van der Waals surface area contributed by atoms with Gasteiger partial charge in [0.2, 0.25) is 0 Å². The minimum absolute atomic E-state index is 0.104. The highest BCUT2D eigenvalue weighted by atomic mass is 19.4. The summed E-state index contributed by atoms with van der Waals surface area (Å²) in [5.41, 5.74) is -1.21. The largest absolute Gasteiger partial charge is 0.416 e. The fourth-order valence-electron chi connectivity index (χ4n) is 2.82. The summed E-state index contributed by atoms with van der Waals surface area (Å²) in [5, 5.41) is 0. The van der Waals surface area contributed by atoms with Gasteiger partial charge in [-0.05, 0) is 55.7 Å². The molecule has 0 spiro atoms. The molecular weight excluding hydrogens is 376 g/mol. The zero-order valence-electron chi connectivity index (χ0n) is 15.5. The van der Waals surface area contributed by atoms with Gasteiger partial charge >= 0.3 is 6.18 Å². The molecule has 0 amide bonds. The second kappa shape index (κ2) is 8.04. The molecule has 0 N–H and O–H groups in total. The number of hydrogen-bond acceptors (Lipinski definition) is 3. The Hall–Kier alpha value is -2.83. The second-order valence-corrected chi connectivity index (χ2v) is 6.49. The maximum Gasteiger partial charge on any atom is 0.416 e. The van der Waals surface area contributed by atoms with Crippen LogP contribution in [0.5, 0.6) is 0 Å². The molecule has 0 unspecified atom stereocenters. The maximum absolute atomic E-state index is 14.2. The molecule has 0 bridgehead atoms. The fourth-order valence-corrected chi connectivity index (χ4v) is 2.82. The molecule has 2 aromatic carbocycles. The smallest absolute Gasteiger partial charge is 0.294 e. The van der Waals surface area contributed by atoms with Crippen LogP contribution in [-0.2, 0) is 19.0 Å². The topological polar surface area (TPSA) is 51.2 Å². The molecule has 0 fully saturated rings. The SMILES string of the molecule is CCc1cc(CC(=O)c2cc(C(C)=O)c(F)c(C(C)=O)c2)cc(C(F)(F)F)c1. The Kier molecular flexibility index (Phi) is 6.17. The van der Waals surface area contributed by atoms with E-state index in [1.54, 1.807) is 6.92 Å². The maximum atomic E-state index is 14.2. The van der Waals surface area contributed by atoms with E-state index >= 15 is 0 Å². The zero-order chi connectivity index (χ0) is 21.2. The van der Waals surface area contributed by atoms with Crippen molar-refractivity contribution < 1.29 is 31.9 Å². The van der Waals surface area contributed by atoms with Gasteiger partial charge in [-0.15, -0.1) is 0 Å². The molecule has 2 rings (SSSR count). The molecule has 0 saturated carbocycles. The molecule has 0 saturated heterocycles. The summed E-state index contributed by atoms with van der Waals surface area (Å²) in [6.45, 7) is 3.88. The number of carbonyl (C=O) groups is 3. The summed E-state index contributed by atoms with van der Waals surface area (Å²) < 4.78 is 53.5. The van der Waals surface area contributed by atoms with Crippen LogP contribution in [0.1, 0.15) is 68.5 Å². The van der Waals surface area contributed by atoms with Gasteiger partial charge in [-0.25, -0.2) is 4.39 Å². The van der Waals surface area contributed by atoms with Crippen LogP contribution in [0.2, 0.25) is 0 Å². The predicted molar refractivity (Wildman–Crippen MR) is 95.3 cm³/mol. The minimum Gasteiger partial charge on any atom is -0.294 e. The minimum atomic E-state index is -4.55. The summed E-state index contributed by atoms with van der Waals surface area (Å²) in [6, 6.07) is 5.46. The van der Waals surface area contributed by atoms with Gasteiger partial charge in [0.1, 0.15) is 5.82 Å². The second-order valence-electron chi connectivity index (χ2n) is 6.49. The van der Waals surface area contributed by atoms with Crippen molar-refractivity contribution in [3.63, 3.8) is 0 Å². The molecule has 148 valence electrons. The first-order valence-corrected chi connectivity index (χ1v) is 8.52. The number of hydrogen-bond donors (Lipinski definition) is 0. The van der Waals surface area contributed by atoms with Crippen LogP contribution in [0.3, 0.4) is 0 Å². The van der Waals surface area contributed by atoms with E-state index in [4.69, 9.17) is 0 Å². The van der Waals surface area contributed by atoms with E-state index in [-0.39, 0.29) is 17.5 Å². The first kappa shape index (κ1) is 21.5. The van der Waals surface area contributed by atoms with Crippen LogP contribution in [0, 0.1) is 5.82 Å². The van der Waals surface area contributed by atoms with Gasteiger partial charge in [0.05, 0.1) is 16.7 Å². The molecule has 0 aliphatic rings. The third-order valence-corrected chi connectivity index (χ3v) is 4.31. The van der Waals surface area contributed by atoms with Crippen LogP contribution in [0.15, 0.2) is 30.3 Å². The summed E-state index contributed by atoms with van der Waals surface area (Å²) in [6.07, 6.45) is -4.58. The number of alkyl halides is 3. The molecule has 7 heteroatoms. The van der Waals surface area contributed by atoms with Crippen LogP contribution >= 0.6 is 0 Å². The molecule has 0 aliphatic heterocycles. The quantitative estimate of drug-likeness (QED) is 0.498. The Morgan fingerprint density at radius 3 is 1.79 bits per heavy atom. The van der Waals surface area contributed by atoms with Crippen molar-refractivity contribution in [2.75, 3.05) is 0 Å². The van der Waals surface area contributed by atoms with Crippen molar-refractivity contribution in [1.29, 1.82) is 0 Å². The monoisotopic (exact) mass is 394 g/mol. The van der Waals surface area contributed by atoms with E-state index in [1.165, 1.54) is 6.07 Å². The Balaban J connectivity index is 2.48.